The van der Waals surface area contributed by atoms with Crippen LogP contribution in [0.25, 0.3) is 11.0 Å². The van der Waals surface area contributed by atoms with Crippen molar-refractivity contribution in [2.24, 2.45) is 0 Å². The first-order valence-electron chi connectivity index (χ1n) is 11.0. The Morgan fingerprint density at radius 2 is 1.97 bits per heavy atom. The third-order valence-electron chi connectivity index (χ3n) is 5.40. The van der Waals surface area contributed by atoms with Crippen LogP contribution in [0, 0.1) is 6.92 Å². The van der Waals surface area contributed by atoms with Crippen molar-refractivity contribution in [3.63, 3.8) is 0 Å². The quantitative estimate of drug-likeness (QED) is 0.438. The van der Waals surface area contributed by atoms with Gasteiger partial charge in [0.05, 0.1) is 5.02 Å². The number of unbranched alkanes of at least 4 members (excludes halogenated alkanes) is 1. The summed E-state index contributed by atoms with van der Waals surface area (Å²) in [5.41, 5.74) is 5.42. The second-order valence-electron chi connectivity index (χ2n) is 7.79. The maximum absolute atomic E-state index is 13.1. The third-order valence-corrected chi connectivity index (χ3v) is 5.69. The summed E-state index contributed by atoms with van der Waals surface area (Å²) in [5.74, 6) is -1.68. The molecule has 0 aliphatic heterocycles. The number of rotatable bonds is 9. The molecule has 0 aliphatic rings. The minimum absolute atomic E-state index is 0.0649. The first-order chi connectivity index (χ1) is 16.2. The lowest BCUT2D eigenvalue weighted by molar-refractivity contribution is -0.121. The summed E-state index contributed by atoms with van der Waals surface area (Å²) in [6, 6.07) is 5.13. The van der Waals surface area contributed by atoms with Crippen LogP contribution in [0.3, 0.4) is 0 Å². The van der Waals surface area contributed by atoms with E-state index in [2.05, 4.69) is 4.98 Å². The van der Waals surface area contributed by atoms with Crippen LogP contribution in [0.1, 0.15) is 49.2 Å². The van der Waals surface area contributed by atoms with E-state index in [0.717, 1.165) is 11.3 Å². The van der Waals surface area contributed by atoms with Crippen molar-refractivity contribution in [2.45, 2.75) is 46.6 Å². The molecule has 34 heavy (non-hydrogen) atoms. The molecule has 1 amide bonds. The normalized spacial score (nSPS) is 11.1. The van der Waals surface area contributed by atoms with Crippen LogP contribution >= 0.6 is 11.6 Å². The molecule has 0 unspecified atom stereocenters. The number of furan rings is 1. The summed E-state index contributed by atoms with van der Waals surface area (Å²) in [5, 5.41) is 1.01. The Balaban J connectivity index is 1.88. The number of halogens is 1. The number of aromatic nitrogens is 2. The average Bonchev–Trinajstić information content (AvgIpc) is 3.14. The van der Waals surface area contributed by atoms with Gasteiger partial charge in [-0.1, -0.05) is 44.0 Å². The van der Waals surface area contributed by atoms with Gasteiger partial charge in [-0.15, -0.1) is 0 Å². The molecule has 2 aromatic heterocycles. The maximum atomic E-state index is 13.1. The predicted octanol–water partition coefficient (Wildman–Crippen LogP) is 3.23. The Hall–Kier alpha value is -3.53. The molecule has 0 fully saturated rings. The summed E-state index contributed by atoms with van der Waals surface area (Å²) in [4.78, 5) is 53.8. The first kappa shape index (κ1) is 25.1. The van der Waals surface area contributed by atoms with Crippen molar-refractivity contribution < 1.29 is 18.7 Å². The summed E-state index contributed by atoms with van der Waals surface area (Å²) < 4.78 is 12.0. The molecule has 0 saturated heterocycles. The number of benzene rings is 1. The molecule has 0 radical (unpaired) electrons. The number of aryl methyl sites for hydroxylation is 1. The predicted molar refractivity (Wildman–Crippen MR) is 130 cm³/mol. The number of fused-ring (bicyclic) bond motifs is 1. The number of nitrogens with one attached hydrogen (secondary N) is 1. The smallest absolute Gasteiger partial charge is 0.375 e. The second-order valence-corrected chi connectivity index (χ2v) is 8.20. The lowest BCUT2D eigenvalue weighted by Gasteiger charge is -2.24. The van der Waals surface area contributed by atoms with Crippen LogP contribution in [0.5, 0.6) is 0 Å². The van der Waals surface area contributed by atoms with Crippen LogP contribution in [0.15, 0.2) is 32.2 Å². The fourth-order valence-corrected chi connectivity index (χ4v) is 3.85. The molecular formula is C23H27ClN4O6. The van der Waals surface area contributed by atoms with E-state index in [4.69, 9.17) is 26.5 Å². The van der Waals surface area contributed by atoms with E-state index in [1.165, 1.54) is 4.57 Å². The molecule has 1 aromatic carbocycles. The third kappa shape index (κ3) is 4.86. The second kappa shape index (κ2) is 10.6. The Morgan fingerprint density at radius 3 is 2.62 bits per heavy atom. The molecule has 0 saturated carbocycles. The molecule has 0 spiro atoms. The summed E-state index contributed by atoms with van der Waals surface area (Å²) in [6.45, 7) is 5.23. The van der Waals surface area contributed by atoms with Crippen molar-refractivity contribution in [3.8, 4) is 0 Å². The van der Waals surface area contributed by atoms with E-state index in [1.54, 1.807) is 25.1 Å². The molecule has 3 aromatic rings. The minimum atomic E-state index is -0.841. The molecular weight excluding hydrogens is 464 g/mol. The van der Waals surface area contributed by atoms with Gasteiger partial charge < -0.3 is 19.8 Å². The van der Waals surface area contributed by atoms with E-state index in [-0.39, 0.29) is 30.4 Å². The van der Waals surface area contributed by atoms with Crippen LogP contribution in [-0.2, 0) is 16.1 Å². The largest absolute Gasteiger partial charge is 0.450 e. The molecule has 0 aliphatic carbocycles. The highest BCUT2D eigenvalue weighted by Gasteiger charge is 2.26. The van der Waals surface area contributed by atoms with E-state index < -0.39 is 29.7 Å². The summed E-state index contributed by atoms with van der Waals surface area (Å²) >= 11 is 6.13. The van der Waals surface area contributed by atoms with Gasteiger partial charge in [-0.05, 0) is 25.8 Å². The number of hydrogen-bond acceptors (Lipinski definition) is 7. The lowest BCUT2D eigenvalue weighted by Crippen LogP contribution is -2.43. The summed E-state index contributed by atoms with van der Waals surface area (Å²) in [6.07, 6.45) is 1.89. The van der Waals surface area contributed by atoms with Crippen molar-refractivity contribution in [2.75, 3.05) is 23.8 Å². The highest BCUT2D eigenvalue weighted by atomic mass is 35.5. The highest BCUT2D eigenvalue weighted by Crippen LogP contribution is 2.31. The minimum Gasteiger partial charge on any atom is -0.450 e. The number of nitrogens with zero attached hydrogens (tertiary/aromatic N) is 2. The van der Waals surface area contributed by atoms with Crippen LogP contribution < -0.4 is 21.9 Å². The van der Waals surface area contributed by atoms with Gasteiger partial charge in [0.15, 0.2) is 17.9 Å². The van der Waals surface area contributed by atoms with E-state index in [0.29, 0.717) is 34.4 Å². The number of amides is 1. The monoisotopic (exact) mass is 490 g/mol. The standard InChI is InChI=1S/C23H27ClN4O6/c1-4-6-11-27(17-20(25)28(10-5-2)23(32)26-21(17)30)16(29)12-33-22(31)18-13(3)14-8-7-9-15(24)19(14)34-18/h7-9H,4-6,10-12,25H2,1-3H3,(H,26,30,32). The van der Waals surface area contributed by atoms with Crippen molar-refractivity contribution in [1.82, 2.24) is 9.55 Å². The number of aromatic amines is 1. The molecule has 182 valence electrons. The number of anilines is 2. The topological polar surface area (TPSA) is 141 Å². The van der Waals surface area contributed by atoms with Gasteiger partial charge in [0.1, 0.15) is 5.82 Å². The Labute approximate surface area is 200 Å². The van der Waals surface area contributed by atoms with Gasteiger partial charge in [-0.3, -0.25) is 19.1 Å². The number of nitrogen functional groups attached to an aromatic ring is 1. The molecule has 3 rings (SSSR count). The lowest BCUT2D eigenvalue weighted by atomic mass is 10.1. The number of para-hydroxylation sites is 1. The number of carbonyl (C=O) groups is 2. The van der Waals surface area contributed by atoms with Gasteiger partial charge >= 0.3 is 11.7 Å². The fraction of sp³-hybridized carbons (Fsp3) is 0.391. The van der Waals surface area contributed by atoms with Crippen LogP contribution in [0.2, 0.25) is 5.02 Å². The van der Waals surface area contributed by atoms with Gasteiger partial charge in [-0.2, -0.15) is 0 Å². The number of H-pyrrole nitrogens is 1. The number of hydrogen-bond donors (Lipinski definition) is 2. The van der Waals surface area contributed by atoms with Gasteiger partial charge in [0, 0.05) is 24.0 Å². The Morgan fingerprint density at radius 1 is 1.24 bits per heavy atom. The number of ether oxygens (including phenoxy) is 1. The number of nitrogens with two attached hydrogens (primary N) is 1. The van der Waals surface area contributed by atoms with Gasteiger partial charge in [0.2, 0.25) is 5.76 Å². The molecule has 3 N–H and O–H groups in total. The molecule has 10 nitrogen and oxygen atoms in total. The van der Waals surface area contributed by atoms with E-state index >= 15 is 0 Å². The zero-order valence-corrected chi connectivity index (χ0v) is 20.0. The van der Waals surface area contributed by atoms with Crippen molar-refractivity contribution in [3.05, 3.63) is 55.4 Å². The van der Waals surface area contributed by atoms with Crippen molar-refractivity contribution in [1.29, 1.82) is 0 Å². The number of esters is 1. The zero-order valence-electron chi connectivity index (χ0n) is 19.3. The molecule has 0 bridgehead atoms. The average molecular weight is 491 g/mol. The summed E-state index contributed by atoms with van der Waals surface area (Å²) in [7, 11) is 0. The number of carbonyl (C=O) groups excluding carboxylic acids is 2. The van der Waals surface area contributed by atoms with Crippen LogP contribution in [0.4, 0.5) is 11.5 Å². The first-order valence-corrected chi connectivity index (χ1v) is 11.4. The van der Waals surface area contributed by atoms with Crippen LogP contribution in [-0.4, -0.2) is 34.6 Å². The molecule has 2 heterocycles. The zero-order chi connectivity index (χ0) is 25.0. The Kier molecular flexibility index (Phi) is 7.83. The van der Waals surface area contributed by atoms with E-state index in [9.17, 15) is 19.2 Å². The molecule has 11 heteroatoms. The highest BCUT2D eigenvalue weighted by molar-refractivity contribution is 6.35. The Bertz CT molecular complexity index is 1340. The maximum Gasteiger partial charge on any atom is 0.375 e. The molecule has 0 atom stereocenters. The SMILES string of the molecule is CCCCN(C(=O)COC(=O)c1oc2c(Cl)cccc2c1C)c1c(N)n(CCC)c(=O)[nH]c1=O. The fourth-order valence-electron chi connectivity index (χ4n) is 3.64. The van der Waals surface area contributed by atoms with E-state index in [1.807, 2.05) is 13.8 Å². The van der Waals surface area contributed by atoms with Gasteiger partial charge in [-0.25, -0.2) is 9.59 Å². The van der Waals surface area contributed by atoms with Gasteiger partial charge in [0.25, 0.3) is 11.5 Å². The van der Waals surface area contributed by atoms with Crippen molar-refractivity contribution >= 4 is 46.0 Å².